The van der Waals surface area contributed by atoms with Gasteiger partial charge in [-0.15, -0.1) is 0 Å². The molecule has 0 fully saturated rings. The van der Waals surface area contributed by atoms with Crippen LogP contribution in [-0.2, 0) is 28.7 Å². The van der Waals surface area contributed by atoms with Gasteiger partial charge in [-0.2, -0.15) is 0 Å². The molecule has 204 valence electrons. The van der Waals surface area contributed by atoms with Crippen molar-refractivity contribution in [2.45, 2.75) is 85.0 Å². The first-order chi connectivity index (χ1) is 18.9. The topological polar surface area (TPSA) is 86.7 Å². The molecule has 0 saturated carbocycles. The van der Waals surface area contributed by atoms with Crippen LogP contribution in [0.15, 0.2) is 42.5 Å². The van der Waals surface area contributed by atoms with Crippen molar-refractivity contribution < 1.29 is 28.7 Å². The maximum absolute atomic E-state index is 13.9. The van der Waals surface area contributed by atoms with E-state index in [2.05, 4.69) is 13.8 Å². The summed E-state index contributed by atoms with van der Waals surface area (Å²) < 4.78 is 11.4. The second-order valence-electron chi connectivity index (χ2n) is 10.2. The monoisotopic (exact) mass is 528 g/mol. The van der Waals surface area contributed by atoms with Gasteiger partial charge in [-0.05, 0) is 36.3 Å². The molecular formula is C33H36O6. The van der Waals surface area contributed by atoms with Gasteiger partial charge >= 0.3 is 11.9 Å². The van der Waals surface area contributed by atoms with E-state index in [-0.39, 0.29) is 35.5 Å². The fraction of sp³-hybridized carbons (Fsp3) is 0.394. The van der Waals surface area contributed by atoms with Crippen molar-refractivity contribution in [3.05, 3.63) is 68.9 Å². The molecule has 0 saturated heterocycles. The maximum atomic E-state index is 13.9. The molecule has 39 heavy (non-hydrogen) atoms. The molecule has 0 heterocycles. The number of ketones is 2. The Morgan fingerprint density at radius 1 is 0.615 bits per heavy atom. The highest BCUT2D eigenvalue weighted by atomic mass is 16.5. The predicted molar refractivity (Wildman–Crippen MR) is 149 cm³/mol. The van der Waals surface area contributed by atoms with Gasteiger partial charge in [0.1, 0.15) is 0 Å². The Morgan fingerprint density at radius 2 is 1.10 bits per heavy atom. The zero-order valence-electron chi connectivity index (χ0n) is 23.1. The molecule has 0 N–H and O–H groups in total. The summed E-state index contributed by atoms with van der Waals surface area (Å²) in [6.45, 7) is 6.06. The fourth-order valence-corrected chi connectivity index (χ4v) is 5.10. The molecule has 4 rings (SSSR count). The molecule has 6 heteroatoms. The number of rotatable bonds is 12. The number of Topliss-reactive ketones (excluding diaryl/α,β-unsaturated/α-hetero) is 2. The van der Waals surface area contributed by atoms with E-state index in [9.17, 15) is 19.2 Å². The van der Waals surface area contributed by atoms with Crippen LogP contribution in [0.5, 0.6) is 0 Å². The van der Waals surface area contributed by atoms with E-state index >= 15 is 0 Å². The summed E-state index contributed by atoms with van der Waals surface area (Å²) in [4.78, 5) is 53.3. The van der Waals surface area contributed by atoms with Gasteiger partial charge in [0.2, 0.25) is 11.6 Å². The van der Waals surface area contributed by atoms with Crippen LogP contribution >= 0.6 is 0 Å². The number of ether oxygens (including phenoxy) is 2. The Morgan fingerprint density at radius 3 is 1.64 bits per heavy atom. The number of benzene rings is 2. The minimum atomic E-state index is -0.519. The number of carbonyl (C=O) groups is 4. The first-order valence-corrected chi connectivity index (χ1v) is 14.1. The first-order valence-electron chi connectivity index (χ1n) is 14.1. The highest BCUT2D eigenvalue weighted by molar-refractivity contribution is 6.58. The third kappa shape index (κ3) is 6.11. The van der Waals surface area contributed by atoms with Crippen molar-refractivity contribution in [2.75, 3.05) is 0 Å². The van der Waals surface area contributed by atoms with E-state index in [0.717, 1.165) is 44.1 Å². The number of unbranched alkanes of at least 4 members (excludes halogenated alkanes) is 6. The van der Waals surface area contributed by atoms with Gasteiger partial charge in [-0.1, -0.05) is 94.3 Å². The predicted octanol–water partition coefficient (Wildman–Crippen LogP) is 3.41. The van der Waals surface area contributed by atoms with Crippen LogP contribution in [0.3, 0.4) is 0 Å². The van der Waals surface area contributed by atoms with Gasteiger partial charge in [0.15, 0.2) is 11.5 Å². The molecule has 0 radical (unpaired) electrons. The van der Waals surface area contributed by atoms with Crippen LogP contribution in [0.25, 0.3) is 22.7 Å². The molecule has 6 nitrogen and oxygen atoms in total. The summed E-state index contributed by atoms with van der Waals surface area (Å²) in [7, 11) is 0. The Labute approximate surface area is 228 Å². The normalized spacial score (nSPS) is 14.1. The average Bonchev–Trinajstić information content (AvgIpc) is 2.93. The van der Waals surface area contributed by atoms with E-state index in [1.54, 1.807) is 36.4 Å². The second-order valence-corrected chi connectivity index (χ2v) is 10.2. The Hall–Kier alpha value is -3.80. The molecule has 0 aromatic heterocycles. The van der Waals surface area contributed by atoms with Crippen LogP contribution in [0.2, 0.25) is 0 Å². The molecule has 2 aromatic rings. The number of carbonyl (C=O) groups excluding carboxylic acids is 4. The minimum Gasteiger partial charge on any atom is -0.422 e. The number of fused-ring (bicyclic) bond motifs is 3. The quantitative estimate of drug-likeness (QED) is 0.310. The molecular weight excluding hydrogens is 492 g/mol. The van der Waals surface area contributed by atoms with Gasteiger partial charge in [-0.3, -0.25) is 19.2 Å². The molecule has 2 aliphatic carbocycles. The number of hydrogen-bond donors (Lipinski definition) is 0. The SMILES string of the molecule is CCCCCCC(=O)OC1=c2ccccc2=C2C(=O)C(OC(=O)CCCCCC)=c3cc(C)ccc3=C2C1=O. The third-order valence-corrected chi connectivity index (χ3v) is 7.15. The lowest BCUT2D eigenvalue weighted by molar-refractivity contribution is -0.139. The molecule has 0 bridgehead atoms. The molecule has 2 aromatic carbocycles. The van der Waals surface area contributed by atoms with Crippen molar-refractivity contribution >= 4 is 46.2 Å². The molecule has 2 aliphatic rings. The summed E-state index contributed by atoms with van der Waals surface area (Å²) in [6.07, 6.45) is 7.79. The van der Waals surface area contributed by atoms with Gasteiger partial charge < -0.3 is 9.47 Å². The molecule has 0 spiro atoms. The van der Waals surface area contributed by atoms with Crippen LogP contribution in [0, 0.1) is 6.92 Å². The summed E-state index contributed by atoms with van der Waals surface area (Å²) in [5.41, 5.74) is 1.20. The average molecular weight is 529 g/mol. The highest BCUT2D eigenvalue weighted by Gasteiger charge is 2.37. The van der Waals surface area contributed by atoms with E-state index in [4.69, 9.17) is 9.47 Å². The zero-order chi connectivity index (χ0) is 27.9. The fourth-order valence-electron chi connectivity index (χ4n) is 5.10. The lowest BCUT2D eigenvalue weighted by Crippen LogP contribution is -2.47. The Bertz CT molecular complexity index is 1560. The lowest BCUT2D eigenvalue weighted by Gasteiger charge is -2.22. The molecule has 0 aliphatic heterocycles. The summed E-state index contributed by atoms with van der Waals surface area (Å²) >= 11 is 0. The van der Waals surface area contributed by atoms with Crippen LogP contribution in [0.1, 0.15) is 83.6 Å². The molecule has 0 amide bonds. The zero-order valence-corrected chi connectivity index (χ0v) is 23.1. The summed E-state index contributed by atoms with van der Waals surface area (Å²) in [6, 6.07) is 12.3. The number of hydrogen-bond acceptors (Lipinski definition) is 6. The third-order valence-electron chi connectivity index (χ3n) is 7.15. The first kappa shape index (κ1) is 28.2. The van der Waals surface area contributed by atoms with Crippen molar-refractivity contribution in [1.29, 1.82) is 0 Å². The molecule has 0 atom stereocenters. The van der Waals surface area contributed by atoms with Crippen LogP contribution in [0.4, 0.5) is 0 Å². The maximum Gasteiger partial charge on any atom is 0.311 e. The largest absolute Gasteiger partial charge is 0.422 e. The van der Waals surface area contributed by atoms with Crippen LogP contribution < -0.4 is 20.9 Å². The molecule has 0 unspecified atom stereocenters. The Balaban J connectivity index is 1.83. The van der Waals surface area contributed by atoms with E-state index in [1.807, 2.05) is 13.0 Å². The van der Waals surface area contributed by atoms with E-state index in [0.29, 0.717) is 33.7 Å². The van der Waals surface area contributed by atoms with Gasteiger partial charge in [0, 0.05) is 34.4 Å². The van der Waals surface area contributed by atoms with E-state index < -0.39 is 23.5 Å². The number of esters is 2. The van der Waals surface area contributed by atoms with E-state index in [1.165, 1.54) is 0 Å². The van der Waals surface area contributed by atoms with Gasteiger partial charge in [-0.25, -0.2) is 0 Å². The van der Waals surface area contributed by atoms with Crippen molar-refractivity contribution in [1.82, 2.24) is 0 Å². The summed E-state index contributed by atoms with van der Waals surface area (Å²) in [5.74, 6) is -2.10. The smallest absolute Gasteiger partial charge is 0.311 e. The minimum absolute atomic E-state index is 0.0630. The standard InChI is InChI=1S/C33H36O6/c1-4-6-8-10-16-26(34)38-32-24-15-13-12-14-22(24)28-29(30(32)36)23-19-18-21(3)20-25(23)33(31(28)37)39-27(35)17-11-9-7-5-2/h12-15,18-20H,4-11,16-17H2,1-3H3. The second kappa shape index (κ2) is 12.8. The van der Waals surface area contributed by atoms with Crippen LogP contribution in [-0.4, -0.2) is 23.5 Å². The lowest BCUT2D eigenvalue weighted by atomic mass is 9.83. The summed E-state index contributed by atoms with van der Waals surface area (Å²) in [5, 5.41) is 1.75. The highest BCUT2D eigenvalue weighted by Crippen LogP contribution is 2.26. The van der Waals surface area contributed by atoms with Gasteiger partial charge in [0.05, 0.1) is 0 Å². The number of aryl methyl sites for hydroxylation is 1. The van der Waals surface area contributed by atoms with Gasteiger partial charge in [0.25, 0.3) is 0 Å². The van der Waals surface area contributed by atoms with Crippen molar-refractivity contribution in [3.8, 4) is 0 Å². The van der Waals surface area contributed by atoms with Crippen molar-refractivity contribution in [2.24, 2.45) is 0 Å². The van der Waals surface area contributed by atoms with Crippen molar-refractivity contribution in [3.63, 3.8) is 0 Å². The Kier molecular flexibility index (Phi) is 9.28.